The lowest BCUT2D eigenvalue weighted by Crippen LogP contribution is -2.07. The summed E-state index contributed by atoms with van der Waals surface area (Å²) >= 11 is 0. The molecule has 7 heteroatoms. The largest absolute Gasteiger partial charge is 0.418 e. The lowest BCUT2D eigenvalue weighted by molar-refractivity contribution is -0.383. The van der Waals surface area contributed by atoms with E-state index in [2.05, 4.69) is 4.98 Å². The van der Waals surface area contributed by atoms with E-state index in [1.54, 1.807) is 0 Å². The number of hydrogen-bond donors (Lipinski definition) is 0. The molecule has 0 aliphatic heterocycles. The van der Waals surface area contributed by atoms with E-state index in [1.807, 2.05) is 0 Å². The molecule has 0 radical (unpaired) electrons. The molecule has 1 aromatic carbocycles. The van der Waals surface area contributed by atoms with Crippen molar-refractivity contribution in [1.29, 1.82) is 0 Å². The Morgan fingerprint density at radius 2 is 1.94 bits per heavy atom. The number of pyridine rings is 1. The monoisotopic (exact) mass is 242 g/mol. The number of benzene rings is 1. The van der Waals surface area contributed by atoms with Crippen LogP contribution in [0.2, 0.25) is 0 Å². The molecule has 2 aromatic rings. The van der Waals surface area contributed by atoms with Crippen LogP contribution >= 0.6 is 0 Å². The van der Waals surface area contributed by atoms with Crippen LogP contribution in [0.15, 0.2) is 30.6 Å². The molecule has 0 N–H and O–H groups in total. The van der Waals surface area contributed by atoms with Gasteiger partial charge in [-0.05, 0) is 0 Å². The number of halogens is 3. The van der Waals surface area contributed by atoms with Gasteiger partial charge in [-0.2, -0.15) is 13.2 Å². The van der Waals surface area contributed by atoms with Gasteiger partial charge in [-0.15, -0.1) is 0 Å². The van der Waals surface area contributed by atoms with Crippen molar-refractivity contribution in [2.75, 3.05) is 0 Å². The van der Waals surface area contributed by atoms with Crippen LogP contribution in [0.3, 0.4) is 0 Å². The Labute approximate surface area is 92.8 Å². The van der Waals surface area contributed by atoms with Crippen molar-refractivity contribution in [3.05, 3.63) is 46.3 Å². The Kier molecular flexibility index (Phi) is 2.45. The molecule has 0 fully saturated rings. The number of aromatic nitrogens is 1. The van der Waals surface area contributed by atoms with E-state index >= 15 is 0 Å². The summed E-state index contributed by atoms with van der Waals surface area (Å²) < 4.78 is 38.1. The van der Waals surface area contributed by atoms with Gasteiger partial charge in [-0.1, -0.05) is 12.1 Å². The van der Waals surface area contributed by atoms with Gasteiger partial charge < -0.3 is 0 Å². The minimum Gasteiger partial charge on any atom is -0.263 e. The van der Waals surface area contributed by atoms with Crippen LogP contribution < -0.4 is 0 Å². The lowest BCUT2D eigenvalue weighted by atomic mass is 10.1. The van der Waals surface area contributed by atoms with E-state index in [0.717, 1.165) is 12.3 Å². The normalized spacial score (nSPS) is 11.7. The molecule has 0 aliphatic rings. The fraction of sp³-hybridized carbons (Fsp3) is 0.100. The van der Waals surface area contributed by atoms with Gasteiger partial charge in [-0.25, -0.2) is 0 Å². The highest BCUT2D eigenvalue weighted by Gasteiger charge is 2.35. The second kappa shape index (κ2) is 3.69. The summed E-state index contributed by atoms with van der Waals surface area (Å²) in [5.41, 5.74) is -1.67. The summed E-state index contributed by atoms with van der Waals surface area (Å²) in [5.74, 6) is 0. The molecule has 0 saturated carbocycles. The van der Waals surface area contributed by atoms with Crippen LogP contribution in [0.4, 0.5) is 18.9 Å². The highest BCUT2D eigenvalue weighted by molar-refractivity contribution is 5.93. The molecule has 0 amide bonds. The maximum Gasteiger partial charge on any atom is 0.418 e. The first kappa shape index (κ1) is 11.3. The van der Waals surface area contributed by atoms with E-state index < -0.39 is 27.7 Å². The zero-order valence-electron chi connectivity index (χ0n) is 8.23. The first-order valence-electron chi connectivity index (χ1n) is 4.49. The van der Waals surface area contributed by atoms with Crippen LogP contribution in [-0.4, -0.2) is 9.91 Å². The van der Waals surface area contributed by atoms with Crippen LogP contribution in [0.25, 0.3) is 10.8 Å². The molecule has 1 aromatic heterocycles. The molecule has 0 unspecified atom stereocenters. The van der Waals surface area contributed by atoms with E-state index in [1.165, 1.54) is 12.1 Å². The Balaban J connectivity index is 2.90. The summed E-state index contributed by atoms with van der Waals surface area (Å²) in [4.78, 5) is 13.3. The second-order valence-corrected chi connectivity index (χ2v) is 3.32. The maximum absolute atomic E-state index is 12.7. The van der Waals surface area contributed by atoms with E-state index in [0.29, 0.717) is 6.20 Å². The molecule has 2 rings (SSSR count). The van der Waals surface area contributed by atoms with Crippen molar-refractivity contribution in [3.63, 3.8) is 0 Å². The van der Waals surface area contributed by atoms with Gasteiger partial charge in [0.25, 0.3) is 5.69 Å². The minimum absolute atomic E-state index is 0.0917. The zero-order chi connectivity index (χ0) is 12.6. The summed E-state index contributed by atoms with van der Waals surface area (Å²) in [6.07, 6.45) is -2.91. The fourth-order valence-electron chi connectivity index (χ4n) is 1.58. The van der Waals surface area contributed by atoms with Crippen LogP contribution in [0, 0.1) is 10.1 Å². The Morgan fingerprint density at radius 3 is 2.53 bits per heavy atom. The third kappa shape index (κ3) is 1.91. The van der Waals surface area contributed by atoms with Gasteiger partial charge in [0.05, 0.1) is 15.9 Å². The highest BCUT2D eigenvalue weighted by Crippen LogP contribution is 2.37. The molecule has 4 nitrogen and oxygen atoms in total. The summed E-state index contributed by atoms with van der Waals surface area (Å²) in [5, 5.41) is 10.4. The van der Waals surface area contributed by atoms with Crippen molar-refractivity contribution in [3.8, 4) is 0 Å². The highest BCUT2D eigenvalue weighted by atomic mass is 19.4. The van der Waals surface area contributed by atoms with Gasteiger partial charge in [0.15, 0.2) is 0 Å². The van der Waals surface area contributed by atoms with E-state index in [9.17, 15) is 23.3 Å². The molecular formula is C10H5F3N2O2. The van der Waals surface area contributed by atoms with Gasteiger partial charge in [0.2, 0.25) is 0 Å². The molecule has 0 saturated heterocycles. The number of rotatable bonds is 1. The maximum atomic E-state index is 12.7. The molecule has 0 aliphatic carbocycles. The summed E-state index contributed by atoms with van der Waals surface area (Å²) in [6, 6.07) is 3.71. The van der Waals surface area contributed by atoms with Gasteiger partial charge in [0, 0.05) is 23.8 Å². The topological polar surface area (TPSA) is 56.0 Å². The van der Waals surface area contributed by atoms with Crippen molar-refractivity contribution < 1.29 is 18.1 Å². The third-order valence-corrected chi connectivity index (χ3v) is 2.26. The first-order chi connectivity index (χ1) is 7.91. The molecule has 17 heavy (non-hydrogen) atoms. The standard InChI is InChI=1S/C10H5F3N2O2/c11-10(12,13)7-5-14-4-6-2-1-3-8(9(6)7)15(16)17/h1-5H. The number of alkyl halides is 3. The Hall–Kier alpha value is -2.18. The van der Waals surface area contributed by atoms with Gasteiger partial charge in [0.1, 0.15) is 0 Å². The second-order valence-electron chi connectivity index (χ2n) is 3.32. The average molecular weight is 242 g/mol. The smallest absolute Gasteiger partial charge is 0.263 e. The quantitative estimate of drug-likeness (QED) is 0.570. The first-order valence-corrected chi connectivity index (χ1v) is 4.49. The van der Waals surface area contributed by atoms with Crippen LogP contribution in [0.1, 0.15) is 5.56 Å². The molecule has 1 heterocycles. The predicted molar refractivity (Wildman–Crippen MR) is 53.4 cm³/mol. The number of nitrogens with zero attached hydrogens (tertiary/aromatic N) is 2. The van der Waals surface area contributed by atoms with E-state index in [4.69, 9.17) is 0 Å². The molecule has 0 bridgehead atoms. The van der Waals surface area contributed by atoms with Crippen molar-refractivity contribution in [1.82, 2.24) is 4.98 Å². The number of fused-ring (bicyclic) bond motifs is 1. The number of nitro groups is 1. The number of non-ortho nitro benzene ring substituents is 1. The Morgan fingerprint density at radius 1 is 1.24 bits per heavy atom. The molecule has 0 atom stereocenters. The Bertz CT molecular complexity index is 590. The number of hydrogen-bond acceptors (Lipinski definition) is 3. The molecular weight excluding hydrogens is 237 g/mol. The third-order valence-electron chi connectivity index (χ3n) is 2.26. The average Bonchev–Trinajstić information content (AvgIpc) is 2.26. The van der Waals surface area contributed by atoms with Crippen molar-refractivity contribution >= 4 is 16.5 Å². The predicted octanol–water partition coefficient (Wildman–Crippen LogP) is 3.16. The van der Waals surface area contributed by atoms with Gasteiger partial charge in [-0.3, -0.25) is 15.1 Å². The summed E-state index contributed by atoms with van der Waals surface area (Å²) in [7, 11) is 0. The van der Waals surface area contributed by atoms with Gasteiger partial charge >= 0.3 is 6.18 Å². The van der Waals surface area contributed by atoms with E-state index in [-0.39, 0.29) is 5.39 Å². The lowest BCUT2D eigenvalue weighted by Gasteiger charge is -2.09. The van der Waals surface area contributed by atoms with Crippen LogP contribution in [-0.2, 0) is 6.18 Å². The van der Waals surface area contributed by atoms with Crippen LogP contribution in [0.5, 0.6) is 0 Å². The van der Waals surface area contributed by atoms with Crippen molar-refractivity contribution in [2.45, 2.75) is 6.18 Å². The molecule has 0 spiro atoms. The summed E-state index contributed by atoms with van der Waals surface area (Å²) in [6.45, 7) is 0. The SMILES string of the molecule is O=[N+]([O-])c1cccc2cncc(C(F)(F)F)c12. The van der Waals surface area contributed by atoms with Crippen molar-refractivity contribution in [2.24, 2.45) is 0 Å². The minimum atomic E-state index is -4.67. The number of nitro benzene ring substituents is 1. The fourth-order valence-corrected chi connectivity index (χ4v) is 1.58. The molecule has 88 valence electrons. The zero-order valence-corrected chi connectivity index (χ0v) is 8.23.